The second-order valence-electron chi connectivity index (χ2n) is 5.19. The molecule has 2 saturated heterocycles. The monoisotopic (exact) mass is 274 g/mol. The van der Waals surface area contributed by atoms with Crippen LogP contribution in [0.5, 0.6) is 0 Å². The quantitative estimate of drug-likeness (QED) is 0.872. The molecule has 0 bridgehead atoms. The van der Waals surface area contributed by atoms with E-state index in [1.165, 1.54) is 6.07 Å². The van der Waals surface area contributed by atoms with Crippen LogP contribution in [-0.2, 0) is 6.54 Å². The summed E-state index contributed by atoms with van der Waals surface area (Å²) in [5.41, 5.74) is 1.01. The van der Waals surface area contributed by atoms with Crippen molar-refractivity contribution in [3.8, 4) is 6.07 Å². The number of carbonyl (C=O) groups excluding carboxylic acids is 1. The van der Waals surface area contributed by atoms with Crippen LogP contribution in [0.1, 0.15) is 11.1 Å². The Morgan fingerprint density at radius 2 is 2.30 bits per heavy atom. The molecule has 2 aliphatic heterocycles. The molecule has 2 heterocycles. The molecule has 0 radical (unpaired) electrons. The number of hydrogen-bond acceptors (Lipinski definition) is 3. The molecule has 1 N–H and O–H groups in total. The second kappa shape index (κ2) is 5.10. The molecule has 2 aliphatic rings. The molecule has 2 amide bonds. The third-order valence-corrected chi connectivity index (χ3v) is 3.87. The fraction of sp³-hybridized carbons (Fsp3) is 0.429. The molecule has 3 rings (SSSR count). The summed E-state index contributed by atoms with van der Waals surface area (Å²) < 4.78 is 13.3. The number of carbonyl (C=O) groups is 1. The molecule has 0 saturated carbocycles. The fourth-order valence-electron chi connectivity index (χ4n) is 2.83. The van der Waals surface area contributed by atoms with Gasteiger partial charge in [-0.3, -0.25) is 4.90 Å². The molecule has 5 nitrogen and oxygen atoms in total. The highest BCUT2D eigenvalue weighted by molar-refractivity contribution is 5.77. The summed E-state index contributed by atoms with van der Waals surface area (Å²) in [4.78, 5) is 15.6. The van der Waals surface area contributed by atoms with Crippen LogP contribution in [0.15, 0.2) is 18.2 Å². The Bertz CT molecular complexity index is 583. The smallest absolute Gasteiger partial charge is 0.317 e. The summed E-state index contributed by atoms with van der Waals surface area (Å²) in [6.45, 7) is 3.67. The number of urea groups is 1. The summed E-state index contributed by atoms with van der Waals surface area (Å²) >= 11 is 0. The van der Waals surface area contributed by atoms with Crippen molar-refractivity contribution in [2.75, 3.05) is 26.2 Å². The van der Waals surface area contributed by atoms with E-state index in [4.69, 9.17) is 5.26 Å². The summed E-state index contributed by atoms with van der Waals surface area (Å²) in [6, 6.07) is 6.74. The first kappa shape index (κ1) is 12.9. The maximum absolute atomic E-state index is 13.3. The van der Waals surface area contributed by atoms with E-state index in [0.717, 1.165) is 18.7 Å². The number of fused-ring (bicyclic) bond motifs is 1. The average molecular weight is 274 g/mol. The minimum Gasteiger partial charge on any atom is -0.336 e. The van der Waals surface area contributed by atoms with Crippen molar-refractivity contribution in [2.24, 2.45) is 0 Å². The van der Waals surface area contributed by atoms with Crippen LogP contribution >= 0.6 is 0 Å². The fourth-order valence-corrected chi connectivity index (χ4v) is 2.83. The van der Waals surface area contributed by atoms with Gasteiger partial charge in [-0.05, 0) is 17.7 Å². The van der Waals surface area contributed by atoms with Gasteiger partial charge in [-0.15, -0.1) is 0 Å². The first-order valence-electron chi connectivity index (χ1n) is 6.63. The molecular formula is C14H15FN4O. The Balaban J connectivity index is 1.67. The zero-order valence-corrected chi connectivity index (χ0v) is 11.0. The first-order valence-corrected chi connectivity index (χ1v) is 6.63. The lowest BCUT2D eigenvalue weighted by Gasteiger charge is -2.36. The third-order valence-electron chi connectivity index (χ3n) is 3.87. The molecule has 6 heteroatoms. The summed E-state index contributed by atoms with van der Waals surface area (Å²) in [5, 5.41) is 11.7. The van der Waals surface area contributed by atoms with Crippen LogP contribution < -0.4 is 5.32 Å². The van der Waals surface area contributed by atoms with E-state index in [1.54, 1.807) is 12.1 Å². The molecule has 2 fully saturated rings. The van der Waals surface area contributed by atoms with Gasteiger partial charge in [0, 0.05) is 32.7 Å². The third kappa shape index (κ3) is 2.32. The van der Waals surface area contributed by atoms with Crippen molar-refractivity contribution in [1.29, 1.82) is 5.26 Å². The predicted octanol–water partition coefficient (Wildman–Crippen LogP) is 0.907. The Kier molecular flexibility index (Phi) is 3.28. The molecule has 0 spiro atoms. The van der Waals surface area contributed by atoms with Gasteiger partial charge in [-0.2, -0.15) is 5.26 Å². The number of halogens is 1. The molecule has 1 aromatic rings. The van der Waals surface area contributed by atoms with E-state index in [-0.39, 0.29) is 17.6 Å². The largest absolute Gasteiger partial charge is 0.336 e. The highest BCUT2D eigenvalue weighted by atomic mass is 19.1. The Morgan fingerprint density at radius 3 is 3.10 bits per heavy atom. The molecule has 1 unspecified atom stereocenters. The lowest BCUT2D eigenvalue weighted by molar-refractivity contribution is 0.116. The maximum atomic E-state index is 13.3. The number of nitrogens with one attached hydrogen (secondary N) is 1. The lowest BCUT2D eigenvalue weighted by atomic mass is 10.1. The number of nitrogens with zero attached hydrogens (tertiary/aromatic N) is 3. The SMILES string of the molecule is N#Cc1cc(CN2CCN3C(=O)NCC3C2)ccc1F. The van der Waals surface area contributed by atoms with Crippen molar-refractivity contribution < 1.29 is 9.18 Å². The van der Waals surface area contributed by atoms with Crippen LogP contribution in [0.4, 0.5) is 9.18 Å². The van der Waals surface area contributed by atoms with Crippen molar-refractivity contribution in [1.82, 2.24) is 15.1 Å². The second-order valence-corrected chi connectivity index (χ2v) is 5.19. The van der Waals surface area contributed by atoms with Gasteiger partial charge in [-0.1, -0.05) is 6.07 Å². The van der Waals surface area contributed by atoms with Crippen LogP contribution in [0.25, 0.3) is 0 Å². The molecule has 1 atom stereocenters. The van der Waals surface area contributed by atoms with Gasteiger partial charge >= 0.3 is 6.03 Å². The van der Waals surface area contributed by atoms with E-state index in [9.17, 15) is 9.18 Å². The minimum absolute atomic E-state index is 0.0169. The maximum Gasteiger partial charge on any atom is 0.317 e. The topological polar surface area (TPSA) is 59.4 Å². The summed E-state index contributed by atoms with van der Waals surface area (Å²) in [6.07, 6.45) is 0. The van der Waals surface area contributed by atoms with E-state index >= 15 is 0 Å². The lowest BCUT2D eigenvalue weighted by Crippen LogP contribution is -2.51. The van der Waals surface area contributed by atoms with Crippen molar-refractivity contribution in [2.45, 2.75) is 12.6 Å². The molecular weight excluding hydrogens is 259 g/mol. The van der Waals surface area contributed by atoms with Gasteiger partial charge in [-0.25, -0.2) is 9.18 Å². The predicted molar refractivity (Wildman–Crippen MR) is 70.3 cm³/mol. The van der Waals surface area contributed by atoms with Gasteiger partial charge in [0.15, 0.2) is 0 Å². The highest BCUT2D eigenvalue weighted by Crippen LogP contribution is 2.17. The zero-order valence-electron chi connectivity index (χ0n) is 11.0. The number of benzene rings is 1. The highest BCUT2D eigenvalue weighted by Gasteiger charge is 2.35. The molecule has 0 aromatic heterocycles. The zero-order chi connectivity index (χ0) is 14.1. The van der Waals surface area contributed by atoms with E-state index < -0.39 is 5.82 Å². The van der Waals surface area contributed by atoms with E-state index in [0.29, 0.717) is 19.6 Å². The molecule has 0 aliphatic carbocycles. The van der Waals surface area contributed by atoms with E-state index in [1.807, 2.05) is 11.0 Å². The van der Waals surface area contributed by atoms with Crippen LogP contribution in [0, 0.1) is 17.1 Å². The van der Waals surface area contributed by atoms with E-state index in [2.05, 4.69) is 10.2 Å². The number of amides is 2. The van der Waals surface area contributed by atoms with Crippen molar-refractivity contribution in [3.63, 3.8) is 0 Å². The van der Waals surface area contributed by atoms with Crippen LogP contribution in [-0.4, -0.2) is 48.1 Å². The summed E-state index contributed by atoms with van der Waals surface area (Å²) in [5.74, 6) is -0.480. The van der Waals surface area contributed by atoms with Crippen molar-refractivity contribution >= 4 is 6.03 Å². The first-order chi connectivity index (χ1) is 9.67. The summed E-state index contributed by atoms with van der Waals surface area (Å²) in [7, 11) is 0. The van der Waals surface area contributed by atoms with Crippen molar-refractivity contribution in [3.05, 3.63) is 35.1 Å². The Morgan fingerprint density at radius 1 is 1.45 bits per heavy atom. The van der Waals surface area contributed by atoms with Gasteiger partial charge in [0.25, 0.3) is 0 Å². The number of hydrogen-bond donors (Lipinski definition) is 1. The van der Waals surface area contributed by atoms with Gasteiger partial charge in [0.2, 0.25) is 0 Å². The normalized spacial score (nSPS) is 22.3. The molecule has 1 aromatic carbocycles. The van der Waals surface area contributed by atoms with Gasteiger partial charge in [0.1, 0.15) is 11.9 Å². The van der Waals surface area contributed by atoms with Crippen LogP contribution in [0.2, 0.25) is 0 Å². The standard InChI is InChI=1S/C14H15FN4O/c15-13-2-1-10(5-11(13)6-16)8-18-3-4-19-12(9-18)7-17-14(19)20/h1-2,5,12H,3-4,7-9H2,(H,17,20). The molecule has 20 heavy (non-hydrogen) atoms. The molecule has 104 valence electrons. The van der Waals surface area contributed by atoms with Gasteiger partial charge in [0.05, 0.1) is 11.6 Å². The number of rotatable bonds is 2. The Labute approximate surface area is 116 Å². The van der Waals surface area contributed by atoms with Gasteiger partial charge < -0.3 is 10.2 Å². The number of piperazine rings is 1. The number of nitriles is 1. The average Bonchev–Trinajstić information content (AvgIpc) is 2.82. The Hall–Kier alpha value is -2.13. The van der Waals surface area contributed by atoms with Crippen LogP contribution in [0.3, 0.4) is 0 Å². The minimum atomic E-state index is -0.480.